The largest absolute Gasteiger partial charge is 0.494 e. The van der Waals surface area contributed by atoms with E-state index in [0.717, 1.165) is 17.1 Å². The van der Waals surface area contributed by atoms with Gasteiger partial charge in [-0.15, -0.1) is 0 Å². The van der Waals surface area contributed by atoms with Crippen molar-refractivity contribution in [3.05, 3.63) is 30.4 Å². The molecule has 1 aliphatic heterocycles. The molecule has 1 fully saturated rings. The zero-order chi connectivity index (χ0) is 11.0. The maximum atomic E-state index is 5.34. The lowest BCUT2D eigenvalue weighted by atomic mass is 10.2. The van der Waals surface area contributed by atoms with E-state index >= 15 is 0 Å². The predicted octanol–water partition coefficient (Wildman–Crippen LogP) is 2.91. The summed E-state index contributed by atoms with van der Waals surface area (Å²) in [6.07, 6.45) is 6.52. The smallest absolute Gasteiger partial charge is 0.144 e. The fourth-order valence-electron chi connectivity index (χ4n) is 2.21. The summed E-state index contributed by atoms with van der Waals surface area (Å²) in [7, 11) is 1.70. The lowest BCUT2D eigenvalue weighted by molar-refractivity contribution is 0.418. The maximum absolute atomic E-state index is 5.34. The number of nitrogens with zero attached hydrogens (tertiary/aromatic N) is 2. The van der Waals surface area contributed by atoms with Crippen LogP contribution < -0.4 is 4.74 Å². The van der Waals surface area contributed by atoms with Crippen molar-refractivity contribution < 1.29 is 4.74 Å². The van der Waals surface area contributed by atoms with Crippen molar-refractivity contribution in [2.45, 2.75) is 18.1 Å². The van der Waals surface area contributed by atoms with Crippen molar-refractivity contribution in [2.24, 2.45) is 0 Å². The van der Waals surface area contributed by atoms with Gasteiger partial charge in [0.25, 0.3) is 0 Å². The van der Waals surface area contributed by atoms with E-state index in [2.05, 4.69) is 15.6 Å². The van der Waals surface area contributed by atoms with Gasteiger partial charge in [-0.1, -0.05) is 0 Å². The summed E-state index contributed by atoms with van der Waals surface area (Å²) < 4.78 is 7.49. The van der Waals surface area contributed by atoms with Crippen molar-refractivity contribution in [1.82, 2.24) is 9.38 Å². The molecule has 3 rings (SSSR count). The minimum absolute atomic E-state index is 0.551. The van der Waals surface area contributed by atoms with Crippen LogP contribution in [-0.4, -0.2) is 22.2 Å². The average molecular weight is 234 g/mol. The third-order valence-corrected chi connectivity index (χ3v) is 4.37. The lowest BCUT2D eigenvalue weighted by Crippen LogP contribution is -1.98. The highest BCUT2D eigenvalue weighted by atomic mass is 32.2. The first-order valence-electron chi connectivity index (χ1n) is 5.51. The SMILES string of the molecule is COc1cccn2c(C3CCCS3)ncc12. The van der Waals surface area contributed by atoms with Crippen molar-refractivity contribution in [2.75, 3.05) is 12.9 Å². The molecule has 16 heavy (non-hydrogen) atoms. The van der Waals surface area contributed by atoms with Gasteiger partial charge in [0, 0.05) is 6.20 Å². The van der Waals surface area contributed by atoms with E-state index in [1.165, 1.54) is 18.6 Å². The molecule has 0 bridgehead atoms. The highest BCUT2D eigenvalue weighted by molar-refractivity contribution is 7.99. The summed E-state index contributed by atoms with van der Waals surface area (Å²) in [6, 6.07) is 3.99. The Labute approximate surface area is 98.8 Å². The number of aromatic nitrogens is 2. The zero-order valence-electron chi connectivity index (χ0n) is 9.22. The molecule has 2 aromatic rings. The molecule has 2 aromatic heterocycles. The fraction of sp³-hybridized carbons (Fsp3) is 0.417. The van der Waals surface area contributed by atoms with E-state index in [1.54, 1.807) is 7.11 Å². The quantitative estimate of drug-likeness (QED) is 0.799. The van der Waals surface area contributed by atoms with Crippen molar-refractivity contribution in [3.8, 4) is 5.75 Å². The van der Waals surface area contributed by atoms with E-state index in [4.69, 9.17) is 4.74 Å². The summed E-state index contributed by atoms with van der Waals surface area (Å²) in [5.74, 6) is 3.31. The molecule has 0 saturated carbocycles. The molecule has 1 saturated heterocycles. The number of methoxy groups -OCH3 is 1. The Bertz CT molecular complexity index is 503. The average Bonchev–Trinajstić information content (AvgIpc) is 2.96. The van der Waals surface area contributed by atoms with Gasteiger partial charge in [0.2, 0.25) is 0 Å². The Balaban J connectivity index is 2.12. The summed E-state index contributed by atoms with van der Waals surface area (Å²) in [5, 5.41) is 0.551. The monoisotopic (exact) mass is 234 g/mol. The Morgan fingerprint density at radius 1 is 1.56 bits per heavy atom. The highest BCUT2D eigenvalue weighted by Gasteiger charge is 2.22. The van der Waals surface area contributed by atoms with Crippen LogP contribution in [0.15, 0.2) is 24.5 Å². The number of fused-ring (bicyclic) bond motifs is 1. The van der Waals surface area contributed by atoms with E-state index in [1.807, 2.05) is 30.1 Å². The molecule has 1 aliphatic rings. The summed E-state index contributed by atoms with van der Waals surface area (Å²) >= 11 is 2.00. The number of pyridine rings is 1. The number of thioether (sulfide) groups is 1. The zero-order valence-corrected chi connectivity index (χ0v) is 10.0. The highest BCUT2D eigenvalue weighted by Crippen LogP contribution is 2.39. The van der Waals surface area contributed by atoms with Crippen LogP contribution in [-0.2, 0) is 0 Å². The van der Waals surface area contributed by atoms with Crippen LogP contribution in [0.2, 0.25) is 0 Å². The molecule has 0 radical (unpaired) electrons. The van der Waals surface area contributed by atoms with Gasteiger partial charge in [0.15, 0.2) is 0 Å². The number of hydrogen-bond acceptors (Lipinski definition) is 3. The molecule has 4 heteroatoms. The molecule has 3 heterocycles. The molecule has 0 amide bonds. The minimum Gasteiger partial charge on any atom is -0.494 e. The van der Waals surface area contributed by atoms with Crippen LogP contribution in [0.5, 0.6) is 5.75 Å². The van der Waals surface area contributed by atoms with E-state index in [0.29, 0.717) is 5.25 Å². The first-order chi connectivity index (χ1) is 7.90. The normalized spacial score (nSPS) is 20.4. The number of rotatable bonds is 2. The molecule has 0 N–H and O–H groups in total. The van der Waals surface area contributed by atoms with Crippen LogP contribution >= 0.6 is 11.8 Å². The van der Waals surface area contributed by atoms with E-state index in [9.17, 15) is 0 Å². The van der Waals surface area contributed by atoms with Crippen molar-refractivity contribution >= 4 is 17.3 Å². The van der Waals surface area contributed by atoms with E-state index in [-0.39, 0.29) is 0 Å². The molecule has 0 spiro atoms. The molecule has 0 aromatic carbocycles. The number of ether oxygens (including phenoxy) is 1. The Morgan fingerprint density at radius 3 is 3.25 bits per heavy atom. The first-order valence-corrected chi connectivity index (χ1v) is 6.56. The second-order valence-electron chi connectivity index (χ2n) is 3.95. The van der Waals surface area contributed by atoms with Crippen molar-refractivity contribution in [3.63, 3.8) is 0 Å². The Morgan fingerprint density at radius 2 is 2.50 bits per heavy atom. The summed E-state index contributed by atoms with van der Waals surface area (Å²) in [4.78, 5) is 4.55. The third kappa shape index (κ3) is 1.48. The number of hydrogen-bond donors (Lipinski definition) is 0. The van der Waals surface area contributed by atoms with Gasteiger partial charge in [-0.3, -0.25) is 4.40 Å². The van der Waals surface area contributed by atoms with Crippen LogP contribution in [0.3, 0.4) is 0 Å². The molecule has 1 atom stereocenters. The van der Waals surface area contributed by atoms with Crippen LogP contribution in [0.25, 0.3) is 5.52 Å². The molecule has 3 nitrogen and oxygen atoms in total. The lowest BCUT2D eigenvalue weighted by Gasteiger charge is -2.08. The van der Waals surface area contributed by atoms with Gasteiger partial charge in [0.1, 0.15) is 17.1 Å². The number of imidazole rings is 1. The molecule has 84 valence electrons. The molecule has 1 unspecified atom stereocenters. The third-order valence-electron chi connectivity index (χ3n) is 3.00. The maximum Gasteiger partial charge on any atom is 0.144 e. The predicted molar refractivity (Wildman–Crippen MR) is 66.2 cm³/mol. The van der Waals surface area contributed by atoms with E-state index < -0.39 is 0 Å². The Kier molecular flexibility index (Phi) is 2.52. The molecular weight excluding hydrogens is 220 g/mol. The van der Waals surface area contributed by atoms with Gasteiger partial charge in [-0.25, -0.2) is 4.98 Å². The first kappa shape index (κ1) is 10.0. The van der Waals surface area contributed by atoms with Gasteiger partial charge in [-0.2, -0.15) is 11.8 Å². The van der Waals surface area contributed by atoms with Crippen LogP contribution in [0.1, 0.15) is 23.9 Å². The van der Waals surface area contributed by atoms with Gasteiger partial charge >= 0.3 is 0 Å². The Hall–Kier alpha value is -1.16. The van der Waals surface area contributed by atoms with Gasteiger partial charge < -0.3 is 4.74 Å². The van der Waals surface area contributed by atoms with Gasteiger partial charge in [0.05, 0.1) is 18.6 Å². The summed E-state index contributed by atoms with van der Waals surface area (Å²) in [5.41, 5.74) is 1.06. The topological polar surface area (TPSA) is 26.5 Å². The molecule has 0 aliphatic carbocycles. The van der Waals surface area contributed by atoms with Crippen LogP contribution in [0, 0.1) is 0 Å². The molecular formula is C12H14N2OS. The second kappa shape index (κ2) is 4.01. The summed E-state index contributed by atoms with van der Waals surface area (Å²) in [6.45, 7) is 0. The second-order valence-corrected chi connectivity index (χ2v) is 5.26. The minimum atomic E-state index is 0.551. The fourth-order valence-corrected chi connectivity index (χ4v) is 3.48. The van der Waals surface area contributed by atoms with Gasteiger partial charge in [-0.05, 0) is 30.7 Å². The van der Waals surface area contributed by atoms with Crippen LogP contribution in [0.4, 0.5) is 0 Å². The standard InChI is InChI=1S/C12H14N2OS/c1-15-10-4-2-6-14-9(10)8-13-12(14)11-5-3-7-16-11/h2,4,6,8,11H,3,5,7H2,1H3. The van der Waals surface area contributed by atoms with Crippen molar-refractivity contribution in [1.29, 1.82) is 0 Å².